The standard InChI is InChI=1S/C34H40N10O4S/c1-19(23-7-5-13-43(23)2)47-27-16-26(44-14-9-25(41-44)38-33(45)37-20-10-15-46-18-20)39-32(40-27)29-21-6-3-11-34(30(21)42-48-29)12-4-8-24-28(34)22(17-35)31(36)49-24/h9,14,16,19-20,23H,3-8,10-13,15,18,36H2,1-2H3,(H2,37,38,41,45)/t19-,20+,23-,34?/m0/s1. The van der Waals surface area contributed by atoms with Crippen molar-refractivity contribution in [3.8, 4) is 29.4 Å². The molecule has 49 heavy (non-hydrogen) atoms. The molecule has 6 heterocycles. The molecule has 256 valence electrons. The molecule has 2 amide bonds. The molecule has 4 aromatic heterocycles. The number of urea groups is 1. The molecule has 2 aliphatic carbocycles. The predicted molar refractivity (Wildman–Crippen MR) is 182 cm³/mol. The lowest BCUT2D eigenvalue weighted by Gasteiger charge is -2.39. The molecule has 0 bridgehead atoms. The normalized spacial score (nSPS) is 23.9. The third-order valence-corrected chi connectivity index (χ3v) is 11.6. The number of nitrogens with zero attached hydrogens (tertiary/aromatic N) is 7. The lowest BCUT2D eigenvalue weighted by Crippen LogP contribution is -2.38. The van der Waals surface area contributed by atoms with Crippen LogP contribution in [0.15, 0.2) is 22.9 Å². The summed E-state index contributed by atoms with van der Waals surface area (Å²) in [6.45, 7) is 4.23. The number of nitrogens with two attached hydrogens (primary N) is 1. The van der Waals surface area contributed by atoms with Crippen molar-refractivity contribution in [2.45, 2.75) is 88.3 Å². The van der Waals surface area contributed by atoms with Crippen molar-refractivity contribution in [3.63, 3.8) is 0 Å². The highest BCUT2D eigenvalue weighted by molar-refractivity contribution is 7.16. The van der Waals surface area contributed by atoms with Crippen molar-refractivity contribution < 1.29 is 18.8 Å². The Hall–Kier alpha value is -4.52. The highest BCUT2D eigenvalue weighted by atomic mass is 32.1. The molecule has 4 atom stereocenters. The molecule has 0 radical (unpaired) electrons. The summed E-state index contributed by atoms with van der Waals surface area (Å²) in [5.74, 6) is 2.05. The summed E-state index contributed by atoms with van der Waals surface area (Å²) in [7, 11) is 2.12. The maximum absolute atomic E-state index is 12.6. The van der Waals surface area contributed by atoms with Crippen molar-refractivity contribution >= 4 is 28.2 Å². The van der Waals surface area contributed by atoms with Gasteiger partial charge in [-0.15, -0.1) is 16.4 Å². The number of ether oxygens (including phenoxy) is 2. The second-order valence-electron chi connectivity index (χ2n) is 13.6. The maximum Gasteiger partial charge on any atom is 0.320 e. The first-order valence-corrected chi connectivity index (χ1v) is 17.9. The van der Waals surface area contributed by atoms with Crippen molar-refractivity contribution in [3.05, 3.63) is 45.6 Å². The van der Waals surface area contributed by atoms with Gasteiger partial charge in [-0.05, 0) is 83.9 Å². The molecule has 4 aromatic rings. The van der Waals surface area contributed by atoms with E-state index in [1.165, 1.54) is 16.2 Å². The minimum Gasteiger partial charge on any atom is -0.473 e. The fourth-order valence-electron chi connectivity index (χ4n) is 8.23. The highest BCUT2D eigenvalue weighted by Gasteiger charge is 2.48. The van der Waals surface area contributed by atoms with Crippen LogP contribution in [0.5, 0.6) is 5.88 Å². The first-order valence-electron chi connectivity index (χ1n) is 17.1. The third-order valence-electron chi connectivity index (χ3n) is 10.5. The van der Waals surface area contributed by atoms with E-state index in [4.69, 9.17) is 34.9 Å². The number of rotatable bonds is 7. The molecule has 15 heteroatoms. The number of aromatic nitrogens is 5. The molecule has 14 nitrogen and oxygen atoms in total. The van der Waals surface area contributed by atoms with E-state index in [0.29, 0.717) is 52.9 Å². The van der Waals surface area contributed by atoms with Crippen LogP contribution in [0.1, 0.15) is 79.1 Å². The zero-order chi connectivity index (χ0) is 33.7. The average Bonchev–Trinajstić information content (AvgIpc) is 3.92. The molecule has 2 saturated heterocycles. The number of carbonyl (C=O) groups is 1. The van der Waals surface area contributed by atoms with E-state index in [9.17, 15) is 10.1 Å². The number of aryl methyl sites for hydroxylation is 1. The fraction of sp³-hybridized carbons (Fsp3) is 0.529. The number of nitrogen functional groups attached to an aromatic ring is 1. The van der Waals surface area contributed by atoms with E-state index in [1.54, 1.807) is 23.0 Å². The van der Waals surface area contributed by atoms with Gasteiger partial charge in [0.05, 0.1) is 23.9 Å². The van der Waals surface area contributed by atoms with Crippen LogP contribution in [-0.2, 0) is 23.0 Å². The summed E-state index contributed by atoms with van der Waals surface area (Å²) >= 11 is 1.52. The predicted octanol–water partition coefficient (Wildman–Crippen LogP) is 4.56. The van der Waals surface area contributed by atoms with Gasteiger partial charge in [-0.25, -0.2) is 14.5 Å². The molecule has 2 aliphatic heterocycles. The van der Waals surface area contributed by atoms with Crippen LogP contribution >= 0.6 is 11.3 Å². The van der Waals surface area contributed by atoms with Crippen molar-refractivity contribution in [1.29, 1.82) is 5.26 Å². The average molecular weight is 685 g/mol. The number of thiophene rings is 1. The van der Waals surface area contributed by atoms with Crippen LogP contribution in [0.3, 0.4) is 0 Å². The lowest BCUT2D eigenvalue weighted by atomic mass is 9.62. The zero-order valence-corrected chi connectivity index (χ0v) is 28.5. The molecule has 4 aliphatic rings. The number of likely N-dealkylation sites (N-methyl/N-ethyl adjacent to an activating group) is 1. The number of anilines is 2. The molecule has 1 spiro atoms. The van der Waals surface area contributed by atoms with Gasteiger partial charge in [0.1, 0.15) is 17.2 Å². The molecular formula is C34H40N10O4S. The Morgan fingerprint density at radius 3 is 2.88 bits per heavy atom. The topological polar surface area (TPSA) is 182 Å². The Balaban J connectivity index is 1.16. The van der Waals surface area contributed by atoms with Gasteiger partial charge in [-0.3, -0.25) is 10.2 Å². The molecule has 8 rings (SSSR count). The fourth-order valence-corrected chi connectivity index (χ4v) is 9.39. The van der Waals surface area contributed by atoms with E-state index in [1.807, 2.05) is 0 Å². The van der Waals surface area contributed by atoms with Crippen molar-refractivity contribution in [2.24, 2.45) is 0 Å². The van der Waals surface area contributed by atoms with E-state index in [0.717, 1.165) is 81.2 Å². The van der Waals surface area contributed by atoms with Crippen LogP contribution < -0.4 is 21.1 Å². The first-order chi connectivity index (χ1) is 23.8. The van der Waals surface area contributed by atoms with Gasteiger partial charge in [0, 0.05) is 46.8 Å². The number of amides is 2. The van der Waals surface area contributed by atoms with E-state index < -0.39 is 5.41 Å². The smallest absolute Gasteiger partial charge is 0.320 e. The van der Waals surface area contributed by atoms with Gasteiger partial charge in [0.15, 0.2) is 11.6 Å². The van der Waals surface area contributed by atoms with Gasteiger partial charge in [-0.2, -0.15) is 10.2 Å². The SMILES string of the molecule is C[C@H](Oc1cc(-n2ccc(NC(=O)N[C@@H]3CCOC3)n2)nc(-c2onc3c2CCCC32CCCc3sc(N)c(C#N)c32)n1)[C@@H]1CCCN1C. The van der Waals surface area contributed by atoms with E-state index in [2.05, 4.69) is 40.7 Å². The largest absolute Gasteiger partial charge is 0.473 e. The number of nitriles is 1. The van der Waals surface area contributed by atoms with Crippen LogP contribution in [-0.4, -0.2) is 80.8 Å². The van der Waals surface area contributed by atoms with Crippen LogP contribution in [0.4, 0.5) is 15.6 Å². The van der Waals surface area contributed by atoms with Gasteiger partial charge in [0.25, 0.3) is 0 Å². The van der Waals surface area contributed by atoms with Gasteiger partial charge < -0.3 is 25.0 Å². The molecule has 1 unspecified atom stereocenters. The van der Waals surface area contributed by atoms with Crippen molar-refractivity contribution in [2.75, 3.05) is 37.9 Å². The van der Waals surface area contributed by atoms with Gasteiger partial charge in [-0.1, -0.05) is 5.16 Å². The quantitative estimate of drug-likeness (QED) is 0.248. The summed E-state index contributed by atoms with van der Waals surface area (Å²) in [6, 6.07) is 5.75. The van der Waals surface area contributed by atoms with E-state index in [-0.39, 0.29) is 24.2 Å². The minimum atomic E-state index is -0.436. The van der Waals surface area contributed by atoms with Crippen LogP contribution in [0.2, 0.25) is 0 Å². The minimum absolute atomic E-state index is 0.0251. The Morgan fingerprint density at radius 2 is 2.10 bits per heavy atom. The van der Waals surface area contributed by atoms with Crippen LogP contribution in [0, 0.1) is 11.3 Å². The summed E-state index contributed by atoms with van der Waals surface area (Å²) in [4.78, 5) is 25.9. The zero-order valence-electron chi connectivity index (χ0n) is 27.7. The summed E-state index contributed by atoms with van der Waals surface area (Å²) in [6.07, 6.45) is 9.84. The second-order valence-corrected chi connectivity index (χ2v) is 14.7. The van der Waals surface area contributed by atoms with Crippen LogP contribution in [0.25, 0.3) is 17.4 Å². The highest BCUT2D eigenvalue weighted by Crippen LogP contribution is 2.54. The Kier molecular flexibility index (Phi) is 8.25. The van der Waals surface area contributed by atoms with E-state index >= 15 is 0 Å². The molecule has 0 aromatic carbocycles. The van der Waals surface area contributed by atoms with Crippen molar-refractivity contribution in [1.82, 2.24) is 35.1 Å². The number of carbonyl (C=O) groups excluding carboxylic acids is 1. The molecule has 4 N–H and O–H groups in total. The number of nitrogens with one attached hydrogen (secondary N) is 2. The first kappa shape index (κ1) is 31.7. The molecule has 0 saturated carbocycles. The third kappa shape index (κ3) is 5.71. The number of hydrogen-bond donors (Lipinski definition) is 3. The number of fused-ring (bicyclic) bond motifs is 4. The second kappa shape index (κ2) is 12.7. The Bertz CT molecular complexity index is 1920. The Morgan fingerprint density at radius 1 is 1.24 bits per heavy atom. The number of hydrogen-bond acceptors (Lipinski definition) is 12. The maximum atomic E-state index is 12.6. The lowest BCUT2D eigenvalue weighted by molar-refractivity contribution is 0.117. The van der Waals surface area contributed by atoms with Gasteiger partial charge in [0.2, 0.25) is 17.5 Å². The monoisotopic (exact) mass is 684 g/mol. The molecule has 2 fully saturated rings. The van der Waals surface area contributed by atoms with Gasteiger partial charge >= 0.3 is 6.03 Å². The number of likely N-dealkylation sites (tertiary alicyclic amines) is 1. The molecular weight excluding hydrogens is 645 g/mol. The Labute approximate surface area is 288 Å². The summed E-state index contributed by atoms with van der Waals surface area (Å²) < 4.78 is 19.6. The summed E-state index contributed by atoms with van der Waals surface area (Å²) in [5, 5.41) is 25.7. The summed E-state index contributed by atoms with van der Waals surface area (Å²) in [5.41, 5.74) is 9.33.